The molecule has 2 N–H and O–H groups in total. The van der Waals surface area contributed by atoms with E-state index in [9.17, 15) is 4.79 Å². The van der Waals surface area contributed by atoms with E-state index in [1.807, 2.05) is 66.8 Å². The maximum atomic E-state index is 12.7. The molecule has 0 atom stereocenters. The van der Waals surface area contributed by atoms with Gasteiger partial charge in [0.1, 0.15) is 0 Å². The Balaban J connectivity index is 1.72. The first-order valence-corrected chi connectivity index (χ1v) is 10.4. The number of aromatic amines is 2. The number of carbonyl (C=O) groups is 1. The van der Waals surface area contributed by atoms with Crippen LogP contribution in [0.4, 0.5) is 0 Å². The molecule has 0 aromatic carbocycles. The summed E-state index contributed by atoms with van der Waals surface area (Å²) in [6.45, 7) is 2.48. The molecule has 154 valence electrons. The number of aromatic nitrogens is 4. The molecule has 0 saturated heterocycles. The lowest BCUT2D eigenvalue weighted by molar-refractivity contribution is 0.0502. The van der Waals surface area contributed by atoms with Gasteiger partial charge in [0.15, 0.2) is 0 Å². The first-order chi connectivity index (χ1) is 15.2. The van der Waals surface area contributed by atoms with Gasteiger partial charge in [-0.1, -0.05) is 13.3 Å². The third-order valence-electron chi connectivity index (χ3n) is 5.12. The summed E-state index contributed by atoms with van der Waals surface area (Å²) in [6, 6.07) is 13.6. The zero-order valence-corrected chi connectivity index (χ0v) is 17.2. The third kappa shape index (κ3) is 4.19. The van der Waals surface area contributed by atoms with Crippen molar-refractivity contribution in [3.63, 3.8) is 0 Å². The lowest BCUT2D eigenvalue weighted by Gasteiger charge is -2.01. The first kappa shape index (κ1) is 19.1. The van der Waals surface area contributed by atoms with Gasteiger partial charge in [-0.15, -0.1) is 0 Å². The predicted octanol–water partition coefficient (Wildman–Crippen LogP) is 5.61. The summed E-state index contributed by atoms with van der Waals surface area (Å²) in [4.78, 5) is 28.7. The summed E-state index contributed by atoms with van der Waals surface area (Å²) in [7, 11) is 0. The number of carbonyl (C=O) groups excluding carboxylic acids is 1. The second-order valence-electron chi connectivity index (χ2n) is 7.58. The predicted molar refractivity (Wildman–Crippen MR) is 124 cm³/mol. The van der Waals surface area contributed by atoms with Crippen molar-refractivity contribution >= 4 is 52.3 Å². The lowest BCUT2D eigenvalue weighted by Crippen LogP contribution is -2.05. The van der Waals surface area contributed by atoms with E-state index >= 15 is 0 Å². The van der Waals surface area contributed by atoms with E-state index in [1.165, 1.54) is 0 Å². The molecule has 5 heterocycles. The maximum Gasteiger partial charge on any atom is 0.340 e. The molecule has 0 aliphatic carbocycles. The van der Waals surface area contributed by atoms with Crippen molar-refractivity contribution < 1.29 is 9.53 Å². The van der Waals surface area contributed by atoms with Crippen molar-refractivity contribution in [3.05, 3.63) is 70.8 Å². The molecular formula is C25H22N4O2. The van der Waals surface area contributed by atoms with E-state index in [0.29, 0.717) is 17.7 Å². The van der Waals surface area contributed by atoms with Crippen LogP contribution in [0.25, 0.3) is 46.4 Å². The topological polar surface area (TPSA) is 83.7 Å². The number of H-pyrrole nitrogens is 2. The average molecular weight is 410 g/mol. The van der Waals surface area contributed by atoms with Gasteiger partial charge in [0.05, 0.1) is 40.5 Å². The number of fused-ring (bicyclic) bond motifs is 8. The molecule has 3 aromatic heterocycles. The SMILES string of the molecule is CCCCOC(=O)c1cc2cc3ccc(cc4nc(cc5nc(cc1[nH]2)C=C5)C=C4)[nH]3. The number of nitrogens with one attached hydrogen (secondary N) is 2. The maximum absolute atomic E-state index is 12.7. The molecule has 2 aliphatic heterocycles. The summed E-state index contributed by atoms with van der Waals surface area (Å²) in [5, 5.41) is 0. The number of esters is 1. The van der Waals surface area contributed by atoms with Gasteiger partial charge >= 0.3 is 5.97 Å². The summed E-state index contributed by atoms with van der Waals surface area (Å²) < 4.78 is 5.46. The fourth-order valence-electron chi connectivity index (χ4n) is 3.57. The number of rotatable bonds is 4. The van der Waals surface area contributed by atoms with Gasteiger partial charge in [-0.05, 0) is 73.2 Å². The highest BCUT2D eigenvalue weighted by Gasteiger charge is 2.13. The zero-order valence-electron chi connectivity index (χ0n) is 17.2. The smallest absolute Gasteiger partial charge is 0.340 e. The van der Waals surface area contributed by atoms with Crippen molar-refractivity contribution in [3.8, 4) is 0 Å². The average Bonchev–Trinajstić information content (AvgIpc) is 3.53. The Morgan fingerprint density at radius 1 is 0.806 bits per heavy atom. The summed E-state index contributed by atoms with van der Waals surface area (Å²) >= 11 is 0. The van der Waals surface area contributed by atoms with E-state index in [1.54, 1.807) is 0 Å². The third-order valence-corrected chi connectivity index (χ3v) is 5.12. The monoisotopic (exact) mass is 410 g/mol. The molecule has 6 heteroatoms. The van der Waals surface area contributed by atoms with Gasteiger partial charge in [-0.3, -0.25) is 0 Å². The molecule has 5 rings (SSSR count). The standard InChI is InChI=1S/C25H22N4O2/c1-2-3-10-31-25(30)23-14-22-13-20-7-6-18(27-20)11-16-4-5-17(26-16)12-19-8-9-21(28-19)15-24(23)29-22/h4-9,11-15,27,29H,2-3,10H2,1H3. The Kier molecular flexibility index (Phi) is 4.96. The summed E-state index contributed by atoms with van der Waals surface area (Å²) in [5.74, 6) is -0.333. The van der Waals surface area contributed by atoms with Gasteiger partial charge in [0.2, 0.25) is 0 Å². The van der Waals surface area contributed by atoms with Crippen molar-refractivity contribution in [2.75, 3.05) is 6.61 Å². The molecule has 3 aromatic rings. The zero-order chi connectivity index (χ0) is 21.2. The van der Waals surface area contributed by atoms with Crippen LogP contribution in [0.5, 0.6) is 0 Å². The minimum Gasteiger partial charge on any atom is -0.462 e. The highest BCUT2D eigenvalue weighted by Crippen LogP contribution is 2.20. The number of ether oxygens (including phenoxy) is 1. The minimum atomic E-state index is -0.333. The van der Waals surface area contributed by atoms with Crippen LogP contribution in [0, 0.1) is 0 Å². The van der Waals surface area contributed by atoms with Gasteiger partial charge in [0, 0.05) is 16.6 Å². The second kappa shape index (κ2) is 8.07. The molecule has 0 radical (unpaired) electrons. The highest BCUT2D eigenvalue weighted by molar-refractivity contribution is 5.99. The van der Waals surface area contributed by atoms with Gasteiger partial charge in [-0.25, -0.2) is 14.8 Å². The quantitative estimate of drug-likeness (QED) is 0.298. The normalized spacial score (nSPS) is 12.3. The van der Waals surface area contributed by atoms with Crippen LogP contribution < -0.4 is 0 Å². The van der Waals surface area contributed by atoms with Crippen molar-refractivity contribution in [1.29, 1.82) is 0 Å². The van der Waals surface area contributed by atoms with Crippen molar-refractivity contribution in [1.82, 2.24) is 19.9 Å². The van der Waals surface area contributed by atoms with E-state index in [2.05, 4.69) is 26.9 Å². The largest absolute Gasteiger partial charge is 0.462 e. The van der Waals surface area contributed by atoms with E-state index in [-0.39, 0.29) is 5.97 Å². The summed E-state index contributed by atoms with van der Waals surface area (Å²) in [6.07, 6.45) is 9.63. The Bertz CT molecular complexity index is 1380. The Hall–Kier alpha value is -3.93. The van der Waals surface area contributed by atoms with Gasteiger partial charge in [0.25, 0.3) is 0 Å². The van der Waals surface area contributed by atoms with Gasteiger partial charge < -0.3 is 14.7 Å². The fourth-order valence-corrected chi connectivity index (χ4v) is 3.57. The Labute approximate surface area is 179 Å². The van der Waals surface area contributed by atoms with Crippen LogP contribution >= 0.6 is 0 Å². The Morgan fingerprint density at radius 2 is 1.45 bits per heavy atom. The van der Waals surface area contributed by atoms with Crippen LogP contribution in [0.2, 0.25) is 0 Å². The molecule has 0 spiro atoms. The molecular weight excluding hydrogens is 388 g/mol. The fraction of sp³-hybridized carbons (Fsp3) is 0.160. The Morgan fingerprint density at radius 3 is 2.16 bits per heavy atom. The van der Waals surface area contributed by atoms with Crippen LogP contribution in [0.3, 0.4) is 0 Å². The van der Waals surface area contributed by atoms with Crippen molar-refractivity contribution in [2.24, 2.45) is 0 Å². The molecule has 0 amide bonds. The van der Waals surface area contributed by atoms with E-state index in [0.717, 1.165) is 52.2 Å². The van der Waals surface area contributed by atoms with Crippen LogP contribution in [-0.4, -0.2) is 32.5 Å². The van der Waals surface area contributed by atoms with Crippen LogP contribution in [0.15, 0.2) is 42.5 Å². The molecule has 0 fully saturated rings. The second-order valence-corrected chi connectivity index (χ2v) is 7.58. The first-order valence-electron chi connectivity index (χ1n) is 10.4. The molecule has 8 bridgehead atoms. The lowest BCUT2D eigenvalue weighted by atomic mass is 10.2. The number of nitrogens with zero attached hydrogens (tertiary/aromatic N) is 2. The highest BCUT2D eigenvalue weighted by atomic mass is 16.5. The number of hydrogen-bond donors (Lipinski definition) is 2. The van der Waals surface area contributed by atoms with E-state index < -0.39 is 0 Å². The van der Waals surface area contributed by atoms with Crippen LogP contribution in [0.1, 0.15) is 52.9 Å². The number of unbranched alkanes of at least 4 members (excludes halogenated alkanes) is 1. The molecule has 0 saturated carbocycles. The molecule has 31 heavy (non-hydrogen) atoms. The van der Waals surface area contributed by atoms with Crippen LogP contribution in [-0.2, 0) is 4.74 Å². The molecule has 2 aliphatic rings. The van der Waals surface area contributed by atoms with Crippen molar-refractivity contribution in [2.45, 2.75) is 19.8 Å². The van der Waals surface area contributed by atoms with E-state index in [4.69, 9.17) is 4.74 Å². The summed E-state index contributed by atoms with van der Waals surface area (Å²) in [5.41, 5.74) is 7.16. The van der Waals surface area contributed by atoms with Gasteiger partial charge in [-0.2, -0.15) is 0 Å². The molecule has 6 nitrogen and oxygen atoms in total. The number of hydrogen-bond acceptors (Lipinski definition) is 4. The molecule has 0 unspecified atom stereocenters. The minimum absolute atomic E-state index is 0.333.